The molecule has 7 nitrogen and oxygen atoms in total. The van der Waals surface area contributed by atoms with Crippen LogP contribution in [-0.4, -0.2) is 45.2 Å². The maximum atomic E-state index is 12.9. The number of hydrogen-bond donors (Lipinski definition) is 1. The fourth-order valence-corrected chi connectivity index (χ4v) is 4.32. The molecule has 0 unspecified atom stereocenters. The number of hydrogen-bond acceptors (Lipinski definition) is 5. The molecule has 0 aliphatic carbocycles. The fourth-order valence-electron chi connectivity index (χ4n) is 3.07. The second-order valence-electron chi connectivity index (χ2n) is 6.75. The van der Waals surface area contributed by atoms with E-state index < -0.39 is 15.9 Å². The van der Waals surface area contributed by atoms with Gasteiger partial charge in [-0.2, -0.15) is 0 Å². The first-order valence-corrected chi connectivity index (χ1v) is 11.2. The first-order chi connectivity index (χ1) is 13.9. The van der Waals surface area contributed by atoms with Gasteiger partial charge in [-0.15, -0.1) is 0 Å². The number of carbonyl (C=O) groups is 2. The highest BCUT2D eigenvalue weighted by atomic mass is 32.2. The highest BCUT2D eigenvalue weighted by Crippen LogP contribution is 2.33. The highest BCUT2D eigenvalue weighted by Gasteiger charge is 2.33. The van der Waals surface area contributed by atoms with E-state index >= 15 is 0 Å². The summed E-state index contributed by atoms with van der Waals surface area (Å²) in [6.45, 7) is 2.50. The van der Waals surface area contributed by atoms with E-state index in [-0.39, 0.29) is 35.4 Å². The summed E-state index contributed by atoms with van der Waals surface area (Å²) in [5, 5.41) is 2.77. The molecule has 29 heavy (non-hydrogen) atoms. The number of anilines is 1. The topological polar surface area (TPSA) is 92.8 Å². The van der Waals surface area contributed by atoms with Gasteiger partial charge >= 0.3 is 0 Å². The number of amides is 2. The van der Waals surface area contributed by atoms with Crippen LogP contribution in [0.25, 0.3) is 0 Å². The zero-order valence-corrected chi connectivity index (χ0v) is 17.0. The molecule has 1 N–H and O–H groups in total. The van der Waals surface area contributed by atoms with Gasteiger partial charge in [-0.25, -0.2) is 8.42 Å². The number of rotatable bonds is 7. The number of carbonyl (C=O) groups excluding carboxylic acids is 2. The van der Waals surface area contributed by atoms with Crippen LogP contribution < -0.4 is 15.0 Å². The Morgan fingerprint density at radius 3 is 2.52 bits per heavy atom. The normalized spacial score (nSPS) is 15.9. The second kappa shape index (κ2) is 9.09. The quantitative estimate of drug-likeness (QED) is 0.747. The van der Waals surface area contributed by atoms with E-state index in [2.05, 4.69) is 5.32 Å². The number of sulfone groups is 1. The van der Waals surface area contributed by atoms with Crippen molar-refractivity contribution < 1.29 is 22.7 Å². The van der Waals surface area contributed by atoms with Crippen molar-refractivity contribution in [3.05, 3.63) is 54.6 Å². The van der Waals surface area contributed by atoms with Crippen molar-refractivity contribution in [2.75, 3.05) is 23.7 Å². The van der Waals surface area contributed by atoms with E-state index in [9.17, 15) is 18.0 Å². The number of nitrogens with zero attached hydrogens (tertiary/aromatic N) is 1. The van der Waals surface area contributed by atoms with Crippen molar-refractivity contribution in [2.45, 2.75) is 30.8 Å². The molecule has 0 bridgehead atoms. The molecule has 1 aliphatic heterocycles. The monoisotopic (exact) mass is 416 g/mol. The van der Waals surface area contributed by atoms with Gasteiger partial charge in [0.15, 0.2) is 15.9 Å². The number of nitrogens with one attached hydrogen (secondary N) is 1. The Balaban J connectivity index is 1.75. The first-order valence-electron chi connectivity index (χ1n) is 9.54. The molecule has 0 saturated carbocycles. The van der Waals surface area contributed by atoms with Gasteiger partial charge in [0, 0.05) is 13.0 Å². The average molecular weight is 416 g/mol. The standard InChI is InChI=1S/C21H24N2O5S/c1-2-13-22-21(25)19-15-23(17-10-6-7-11-18(17)28-19)20(24)12-14-29(26,27)16-8-4-3-5-9-16/h3-11,19H,2,12-15H2,1H3,(H,22,25)/t19-/m1/s1. The molecule has 8 heteroatoms. The molecule has 2 aromatic rings. The van der Waals surface area contributed by atoms with Crippen LogP contribution in [0.3, 0.4) is 0 Å². The Labute approximate surface area is 170 Å². The summed E-state index contributed by atoms with van der Waals surface area (Å²) in [5.74, 6) is -0.540. The smallest absolute Gasteiger partial charge is 0.262 e. The maximum Gasteiger partial charge on any atom is 0.262 e. The lowest BCUT2D eigenvalue weighted by molar-refractivity contribution is -0.128. The summed E-state index contributed by atoms with van der Waals surface area (Å²) in [5.41, 5.74) is 0.536. The van der Waals surface area contributed by atoms with Gasteiger partial charge in [0.05, 0.1) is 22.9 Å². The molecular formula is C21H24N2O5S. The van der Waals surface area contributed by atoms with Gasteiger partial charge in [-0.05, 0) is 30.7 Å². The van der Waals surface area contributed by atoms with Gasteiger partial charge in [0.1, 0.15) is 5.75 Å². The van der Waals surface area contributed by atoms with Crippen LogP contribution >= 0.6 is 0 Å². The molecule has 1 heterocycles. The highest BCUT2D eigenvalue weighted by molar-refractivity contribution is 7.91. The van der Waals surface area contributed by atoms with Gasteiger partial charge in [-0.3, -0.25) is 9.59 Å². The zero-order chi connectivity index (χ0) is 20.9. The van der Waals surface area contributed by atoms with Crippen molar-refractivity contribution in [3.63, 3.8) is 0 Å². The average Bonchev–Trinajstić information content (AvgIpc) is 2.75. The fraction of sp³-hybridized carbons (Fsp3) is 0.333. The third-order valence-electron chi connectivity index (χ3n) is 4.60. The molecule has 1 atom stereocenters. The molecule has 0 fully saturated rings. The number of ether oxygens (including phenoxy) is 1. The number of benzene rings is 2. The molecule has 2 amide bonds. The van der Waals surface area contributed by atoms with E-state index in [1.807, 2.05) is 6.92 Å². The van der Waals surface area contributed by atoms with Crippen LogP contribution in [0, 0.1) is 0 Å². The third kappa shape index (κ3) is 4.95. The van der Waals surface area contributed by atoms with Crippen molar-refractivity contribution in [3.8, 4) is 5.75 Å². The minimum absolute atomic E-state index is 0.0385. The summed E-state index contributed by atoms with van der Waals surface area (Å²) in [4.78, 5) is 26.9. The predicted molar refractivity (Wildman–Crippen MR) is 110 cm³/mol. The van der Waals surface area contributed by atoms with Gasteiger partial charge in [0.25, 0.3) is 5.91 Å². The van der Waals surface area contributed by atoms with Crippen molar-refractivity contribution >= 4 is 27.3 Å². The Bertz CT molecular complexity index is 976. The summed E-state index contributed by atoms with van der Waals surface area (Å²) in [6, 6.07) is 15.0. The molecule has 3 rings (SSSR count). The summed E-state index contributed by atoms with van der Waals surface area (Å²) < 4.78 is 30.8. The van der Waals surface area contributed by atoms with E-state index in [1.165, 1.54) is 17.0 Å². The zero-order valence-electron chi connectivity index (χ0n) is 16.2. The van der Waals surface area contributed by atoms with Crippen LogP contribution in [-0.2, 0) is 19.4 Å². The lowest BCUT2D eigenvalue weighted by atomic mass is 10.1. The number of para-hydroxylation sites is 2. The van der Waals surface area contributed by atoms with Gasteiger partial charge in [-0.1, -0.05) is 37.3 Å². The Kier molecular flexibility index (Phi) is 6.53. The van der Waals surface area contributed by atoms with Crippen molar-refractivity contribution in [2.24, 2.45) is 0 Å². The van der Waals surface area contributed by atoms with E-state index in [4.69, 9.17) is 4.74 Å². The lowest BCUT2D eigenvalue weighted by Gasteiger charge is -2.34. The van der Waals surface area contributed by atoms with Crippen LogP contribution in [0.5, 0.6) is 5.75 Å². The Morgan fingerprint density at radius 2 is 1.79 bits per heavy atom. The Hall–Kier alpha value is -2.87. The molecule has 1 aliphatic rings. The molecule has 154 valence electrons. The summed E-state index contributed by atoms with van der Waals surface area (Å²) in [6.07, 6.45) is -0.240. The number of fused-ring (bicyclic) bond motifs is 1. The largest absolute Gasteiger partial charge is 0.477 e. The minimum atomic E-state index is -3.57. The second-order valence-corrected chi connectivity index (χ2v) is 8.86. The van der Waals surface area contributed by atoms with Crippen LogP contribution in [0.15, 0.2) is 59.5 Å². The summed E-state index contributed by atoms with van der Waals surface area (Å²) >= 11 is 0. The van der Waals surface area contributed by atoms with E-state index in [0.717, 1.165) is 6.42 Å². The molecule has 0 radical (unpaired) electrons. The van der Waals surface area contributed by atoms with E-state index in [1.54, 1.807) is 42.5 Å². The van der Waals surface area contributed by atoms with Crippen LogP contribution in [0.1, 0.15) is 19.8 Å². The van der Waals surface area contributed by atoms with Gasteiger partial charge < -0.3 is 15.0 Å². The molecule has 0 saturated heterocycles. The SMILES string of the molecule is CCCNC(=O)[C@H]1CN(C(=O)CCS(=O)(=O)c2ccccc2)c2ccccc2O1. The molecule has 0 spiro atoms. The van der Waals surface area contributed by atoms with Crippen molar-refractivity contribution in [1.29, 1.82) is 0 Å². The predicted octanol–water partition coefficient (Wildman–Crippen LogP) is 2.17. The van der Waals surface area contributed by atoms with Crippen molar-refractivity contribution in [1.82, 2.24) is 5.32 Å². The third-order valence-corrected chi connectivity index (χ3v) is 6.34. The first kappa shape index (κ1) is 20.9. The minimum Gasteiger partial charge on any atom is -0.477 e. The lowest BCUT2D eigenvalue weighted by Crippen LogP contribution is -2.51. The van der Waals surface area contributed by atoms with Crippen LogP contribution in [0.4, 0.5) is 5.69 Å². The van der Waals surface area contributed by atoms with Gasteiger partial charge in [0.2, 0.25) is 5.91 Å². The van der Waals surface area contributed by atoms with Crippen LogP contribution in [0.2, 0.25) is 0 Å². The maximum absolute atomic E-state index is 12.9. The molecule has 0 aromatic heterocycles. The molecule has 2 aromatic carbocycles. The van der Waals surface area contributed by atoms with E-state index in [0.29, 0.717) is 18.0 Å². The molecular weight excluding hydrogens is 392 g/mol. The Morgan fingerprint density at radius 1 is 1.10 bits per heavy atom. The summed E-state index contributed by atoms with van der Waals surface area (Å²) in [7, 11) is -3.57.